The number of carbonyl (C=O) groups excluding carboxylic acids is 1. The van der Waals surface area contributed by atoms with Crippen LogP contribution in [0.4, 0.5) is 23.0 Å². The number of hydrogen-bond donors (Lipinski definition) is 4. The largest absolute Gasteiger partial charge is 0.393 e. The summed E-state index contributed by atoms with van der Waals surface area (Å²) in [6, 6.07) is 20.1. The molecule has 5 N–H and O–H groups in total. The normalized spacial score (nSPS) is 11.3. The fraction of sp³-hybridized carbons (Fsp3) is 0.111. The minimum Gasteiger partial charge on any atom is -0.393 e. The number of nitrogens with two attached hydrogens (primary N) is 1. The Morgan fingerprint density at radius 3 is 2.35 bits per heavy atom. The van der Waals surface area contributed by atoms with Crippen LogP contribution in [0.25, 0.3) is 0 Å². The van der Waals surface area contributed by atoms with E-state index in [0.29, 0.717) is 32.7 Å². The van der Waals surface area contributed by atoms with Crippen LogP contribution in [0.5, 0.6) is 0 Å². The molecule has 1 unspecified atom stereocenters. The standard InChI is InChI=1S/C27H23Cl2N7O/c1-15-3-5-18(6-4-15)27(37)36-35-26-24(31)25(32-14-33-26)34-23-12-22(29)20(11-16(23)2)21(13-30)17-7-9-19(28)10-8-17/h3-12,14,21H,31H2,1-2H3,(H,36,37)(H2,32,33,34,35). The number of aryl methyl sites for hydroxylation is 2. The van der Waals surface area contributed by atoms with Gasteiger partial charge in [0.1, 0.15) is 12.0 Å². The predicted octanol–water partition coefficient (Wildman–Crippen LogP) is 6.14. The van der Waals surface area contributed by atoms with Crippen LogP contribution in [-0.2, 0) is 0 Å². The summed E-state index contributed by atoms with van der Waals surface area (Å²) in [7, 11) is 0. The Morgan fingerprint density at radius 1 is 1.00 bits per heavy atom. The van der Waals surface area contributed by atoms with Gasteiger partial charge in [-0.1, -0.05) is 59.1 Å². The Balaban J connectivity index is 1.53. The van der Waals surface area contributed by atoms with Crippen molar-refractivity contribution in [2.45, 2.75) is 19.8 Å². The Hall–Kier alpha value is -4.32. The molecule has 0 aliphatic rings. The van der Waals surface area contributed by atoms with Gasteiger partial charge in [0.2, 0.25) is 0 Å². The van der Waals surface area contributed by atoms with E-state index in [1.165, 1.54) is 6.33 Å². The van der Waals surface area contributed by atoms with Crippen LogP contribution in [0.2, 0.25) is 10.0 Å². The molecule has 0 aliphatic heterocycles. The number of nitrogens with one attached hydrogen (secondary N) is 3. The summed E-state index contributed by atoms with van der Waals surface area (Å²) in [5.74, 6) is -0.345. The summed E-state index contributed by atoms with van der Waals surface area (Å²) in [5.41, 5.74) is 16.3. The van der Waals surface area contributed by atoms with Crippen molar-refractivity contribution in [3.63, 3.8) is 0 Å². The van der Waals surface area contributed by atoms with Gasteiger partial charge in [-0.05, 0) is 60.9 Å². The molecule has 0 spiro atoms. The third-order valence-electron chi connectivity index (χ3n) is 5.73. The molecular weight excluding hydrogens is 509 g/mol. The number of nitriles is 1. The second kappa shape index (κ2) is 11.2. The number of hydrogen-bond acceptors (Lipinski definition) is 7. The third kappa shape index (κ3) is 5.92. The number of rotatable bonds is 7. The minimum atomic E-state index is -0.561. The van der Waals surface area contributed by atoms with Gasteiger partial charge in [0.05, 0.1) is 12.0 Å². The molecule has 0 bridgehead atoms. The highest BCUT2D eigenvalue weighted by atomic mass is 35.5. The van der Waals surface area contributed by atoms with Gasteiger partial charge >= 0.3 is 0 Å². The van der Waals surface area contributed by atoms with Crippen molar-refractivity contribution in [1.82, 2.24) is 15.4 Å². The quantitative estimate of drug-likeness (QED) is 0.211. The summed E-state index contributed by atoms with van der Waals surface area (Å²) in [6.45, 7) is 3.83. The zero-order valence-corrected chi connectivity index (χ0v) is 21.5. The molecule has 8 nitrogen and oxygen atoms in total. The number of carbonyl (C=O) groups is 1. The summed E-state index contributed by atoms with van der Waals surface area (Å²) in [4.78, 5) is 20.7. The lowest BCUT2D eigenvalue weighted by atomic mass is 9.91. The van der Waals surface area contributed by atoms with Crippen molar-refractivity contribution in [2.75, 3.05) is 16.5 Å². The van der Waals surface area contributed by atoms with Gasteiger partial charge in [-0.3, -0.25) is 15.6 Å². The average molecular weight is 532 g/mol. The maximum Gasteiger partial charge on any atom is 0.269 e. The number of amides is 1. The molecule has 0 radical (unpaired) electrons. The van der Waals surface area contributed by atoms with Crippen LogP contribution < -0.4 is 21.9 Å². The molecule has 0 saturated carbocycles. The molecule has 3 aromatic carbocycles. The summed E-state index contributed by atoms with van der Waals surface area (Å²) < 4.78 is 0. The Morgan fingerprint density at radius 2 is 1.68 bits per heavy atom. The molecule has 4 rings (SSSR count). The highest BCUT2D eigenvalue weighted by molar-refractivity contribution is 6.32. The number of anilines is 4. The molecule has 0 aliphatic carbocycles. The summed E-state index contributed by atoms with van der Waals surface area (Å²) >= 11 is 12.6. The van der Waals surface area contributed by atoms with E-state index in [1.807, 2.05) is 44.2 Å². The van der Waals surface area contributed by atoms with E-state index in [1.54, 1.807) is 30.3 Å². The molecule has 37 heavy (non-hydrogen) atoms. The summed E-state index contributed by atoms with van der Waals surface area (Å²) in [6.07, 6.45) is 1.32. The first-order valence-corrected chi connectivity index (χ1v) is 12.0. The van der Waals surface area contributed by atoms with Crippen LogP contribution in [0.15, 0.2) is 67.0 Å². The van der Waals surface area contributed by atoms with E-state index in [0.717, 1.165) is 16.7 Å². The van der Waals surface area contributed by atoms with Crippen LogP contribution in [-0.4, -0.2) is 15.9 Å². The van der Waals surface area contributed by atoms with Crippen molar-refractivity contribution in [3.05, 3.63) is 105 Å². The number of nitrogens with zero attached hydrogens (tertiary/aromatic N) is 3. The topological polar surface area (TPSA) is 129 Å². The molecule has 10 heteroatoms. The molecule has 1 amide bonds. The van der Waals surface area contributed by atoms with Crippen molar-refractivity contribution in [3.8, 4) is 6.07 Å². The first kappa shape index (κ1) is 25.8. The van der Waals surface area contributed by atoms with Gasteiger partial charge in [-0.15, -0.1) is 0 Å². The minimum absolute atomic E-state index is 0.197. The van der Waals surface area contributed by atoms with Crippen LogP contribution in [0.3, 0.4) is 0 Å². The number of benzene rings is 3. The van der Waals surface area contributed by atoms with E-state index in [4.69, 9.17) is 28.9 Å². The average Bonchev–Trinajstić information content (AvgIpc) is 2.89. The zero-order valence-electron chi connectivity index (χ0n) is 20.0. The zero-order chi connectivity index (χ0) is 26.5. The fourth-order valence-corrected chi connectivity index (χ4v) is 4.05. The molecule has 4 aromatic rings. The van der Waals surface area contributed by atoms with E-state index < -0.39 is 5.92 Å². The third-order valence-corrected chi connectivity index (χ3v) is 6.31. The van der Waals surface area contributed by atoms with Crippen LogP contribution in [0.1, 0.15) is 38.5 Å². The SMILES string of the molecule is Cc1ccc(C(=O)NNc2ncnc(Nc3cc(Cl)c(C(C#N)c4ccc(Cl)cc4)cc3C)c2N)cc1. The number of nitrogen functional groups attached to an aromatic ring is 1. The van der Waals surface area contributed by atoms with E-state index in [9.17, 15) is 10.1 Å². The van der Waals surface area contributed by atoms with E-state index >= 15 is 0 Å². The predicted molar refractivity (Wildman–Crippen MR) is 147 cm³/mol. The van der Waals surface area contributed by atoms with Crippen molar-refractivity contribution in [2.24, 2.45) is 0 Å². The van der Waals surface area contributed by atoms with Gasteiger partial charge in [-0.25, -0.2) is 9.97 Å². The van der Waals surface area contributed by atoms with E-state index in [2.05, 4.69) is 32.2 Å². The Labute approximate surface area is 224 Å². The fourth-order valence-electron chi connectivity index (χ4n) is 3.65. The molecule has 0 saturated heterocycles. The Bertz CT molecular complexity index is 1480. The molecule has 1 heterocycles. The van der Waals surface area contributed by atoms with Gasteiger partial charge in [-0.2, -0.15) is 5.26 Å². The van der Waals surface area contributed by atoms with Crippen molar-refractivity contribution in [1.29, 1.82) is 5.26 Å². The van der Waals surface area contributed by atoms with E-state index in [-0.39, 0.29) is 17.4 Å². The maximum absolute atomic E-state index is 12.4. The number of halogens is 2. The second-order valence-electron chi connectivity index (χ2n) is 8.36. The van der Waals surface area contributed by atoms with Crippen molar-refractivity contribution < 1.29 is 4.79 Å². The molecule has 1 aromatic heterocycles. The monoisotopic (exact) mass is 531 g/mol. The lowest BCUT2D eigenvalue weighted by molar-refractivity contribution is 0.0962. The lowest BCUT2D eigenvalue weighted by Crippen LogP contribution is -2.30. The highest BCUT2D eigenvalue weighted by Gasteiger charge is 2.19. The summed E-state index contributed by atoms with van der Waals surface area (Å²) in [5, 5.41) is 14.0. The maximum atomic E-state index is 12.4. The van der Waals surface area contributed by atoms with Gasteiger partial charge in [0, 0.05) is 21.3 Å². The van der Waals surface area contributed by atoms with Gasteiger partial charge in [0.25, 0.3) is 5.91 Å². The highest BCUT2D eigenvalue weighted by Crippen LogP contribution is 2.36. The lowest BCUT2D eigenvalue weighted by Gasteiger charge is -2.17. The van der Waals surface area contributed by atoms with Crippen LogP contribution >= 0.6 is 23.2 Å². The first-order valence-electron chi connectivity index (χ1n) is 11.2. The molecule has 0 fully saturated rings. The Kier molecular flexibility index (Phi) is 7.77. The first-order chi connectivity index (χ1) is 17.8. The number of aromatic nitrogens is 2. The van der Waals surface area contributed by atoms with Crippen molar-refractivity contribution >= 4 is 52.1 Å². The molecule has 186 valence electrons. The molecule has 1 atom stereocenters. The number of hydrazine groups is 1. The smallest absolute Gasteiger partial charge is 0.269 e. The molecular formula is C27H23Cl2N7O. The van der Waals surface area contributed by atoms with Crippen LogP contribution in [0, 0.1) is 25.2 Å². The van der Waals surface area contributed by atoms with Gasteiger partial charge < -0.3 is 11.1 Å². The van der Waals surface area contributed by atoms with Gasteiger partial charge in [0.15, 0.2) is 11.6 Å². The second-order valence-corrected chi connectivity index (χ2v) is 9.20.